The lowest BCUT2D eigenvalue weighted by molar-refractivity contribution is -0.124. The molecule has 1 aliphatic heterocycles. The van der Waals surface area contributed by atoms with Gasteiger partial charge in [-0.25, -0.2) is 0 Å². The second-order valence-electron chi connectivity index (χ2n) is 9.01. The number of benzene rings is 1. The van der Waals surface area contributed by atoms with Gasteiger partial charge in [0.05, 0.1) is 12.6 Å². The lowest BCUT2D eigenvalue weighted by atomic mass is 9.87. The first-order chi connectivity index (χ1) is 13.7. The average Bonchev–Trinajstić information content (AvgIpc) is 2.68. The fraction of sp³-hybridized carbons (Fsp3) is 0.652. The molecule has 1 heterocycles. The van der Waals surface area contributed by atoms with E-state index in [-0.39, 0.29) is 23.3 Å². The molecule has 1 aromatic carbocycles. The lowest BCUT2D eigenvalue weighted by Crippen LogP contribution is -2.54. The van der Waals surface area contributed by atoms with Crippen molar-refractivity contribution in [1.82, 2.24) is 15.1 Å². The van der Waals surface area contributed by atoms with Gasteiger partial charge in [0, 0.05) is 38.4 Å². The number of nitrogens with zero attached hydrogens (tertiary/aromatic N) is 2. The summed E-state index contributed by atoms with van der Waals surface area (Å²) in [5.74, 6) is 0.107. The van der Waals surface area contributed by atoms with Gasteiger partial charge in [-0.1, -0.05) is 46.2 Å². The lowest BCUT2D eigenvalue weighted by Gasteiger charge is -2.37. The van der Waals surface area contributed by atoms with Crippen molar-refractivity contribution in [2.45, 2.75) is 58.9 Å². The Morgan fingerprint density at radius 1 is 1.07 bits per heavy atom. The Labute approximate surface area is 176 Å². The minimum absolute atomic E-state index is 0.0132. The SMILES string of the molecule is CCCCNC(=O)CN1CCN(C(C)C(=O)Nc2ccc(C(C)(C)C)cc2)CC1. The first-order valence-corrected chi connectivity index (χ1v) is 10.8. The third-order valence-corrected chi connectivity index (χ3v) is 5.57. The minimum Gasteiger partial charge on any atom is -0.355 e. The summed E-state index contributed by atoms with van der Waals surface area (Å²) in [6.45, 7) is 15.0. The predicted molar refractivity (Wildman–Crippen MR) is 119 cm³/mol. The van der Waals surface area contributed by atoms with Crippen LogP contribution in [0.15, 0.2) is 24.3 Å². The number of carbonyl (C=O) groups is 2. The molecular weight excluding hydrogens is 364 g/mol. The van der Waals surface area contributed by atoms with E-state index in [9.17, 15) is 9.59 Å². The molecule has 2 amide bonds. The van der Waals surface area contributed by atoms with E-state index in [2.05, 4.69) is 60.3 Å². The minimum atomic E-state index is -0.196. The molecule has 1 saturated heterocycles. The molecule has 0 spiro atoms. The number of anilines is 1. The van der Waals surface area contributed by atoms with Crippen molar-refractivity contribution in [1.29, 1.82) is 0 Å². The summed E-state index contributed by atoms with van der Waals surface area (Å²) in [5.41, 5.74) is 2.18. The van der Waals surface area contributed by atoms with Crippen LogP contribution in [0.25, 0.3) is 0 Å². The van der Waals surface area contributed by atoms with Crippen LogP contribution < -0.4 is 10.6 Å². The van der Waals surface area contributed by atoms with Crippen LogP contribution in [0.5, 0.6) is 0 Å². The molecule has 1 unspecified atom stereocenters. The second kappa shape index (κ2) is 10.7. The van der Waals surface area contributed by atoms with Gasteiger partial charge in [0.25, 0.3) is 0 Å². The van der Waals surface area contributed by atoms with Gasteiger partial charge >= 0.3 is 0 Å². The molecule has 0 bridgehead atoms. The van der Waals surface area contributed by atoms with Crippen molar-refractivity contribution in [2.24, 2.45) is 0 Å². The van der Waals surface area contributed by atoms with Crippen LogP contribution >= 0.6 is 0 Å². The maximum absolute atomic E-state index is 12.7. The zero-order valence-electron chi connectivity index (χ0n) is 18.8. The molecule has 6 heteroatoms. The van der Waals surface area contributed by atoms with Crippen molar-refractivity contribution < 1.29 is 9.59 Å². The van der Waals surface area contributed by atoms with Crippen LogP contribution in [-0.2, 0) is 15.0 Å². The van der Waals surface area contributed by atoms with Crippen molar-refractivity contribution >= 4 is 17.5 Å². The van der Waals surface area contributed by atoms with Gasteiger partial charge in [-0.05, 0) is 36.5 Å². The predicted octanol–water partition coefficient (Wildman–Crippen LogP) is 2.85. The number of carbonyl (C=O) groups excluding carboxylic acids is 2. The summed E-state index contributed by atoms with van der Waals surface area (Å²) < 4.78 is 0. The van der Waals surface area contributed by atoms with Gasteiger partial charge in [0.1, 0.15) is 0 Å². The van der Waals surface area contributed by atoms with E-state index in [1.54, 1.807) is 0 Å². The molecule has 162 valence electrons. The maximum Gasteiger partial charge on any atom is 0.241 e. The highest BCUT2D eigenvalue weighted by Gasteiger charge is 2.26. The fourth-order valence-electron chi connectivity index (χ4n) is 3.44. The van der Waals surface area contributed by atoms with E-state index < -0.39 is 0 Å². The van der Waals surface area contributed by atoms with E-state index in [4.69, 9.17) is 0 Å². The molecule has 1 fully saturated rings. The van der Waals surface area contributed by atoms with Crippen LogP contribution in [0.4, 0.5) is 5.69 Å². The van der Waals surface area contributed by atoms with Crippen LogP contribution in [0.1, 0.15) is 53.0 Å². The molecule has 0 radical (unpaired) electrons. The molecule has 0 aliphatic carbocycles. The third-order valence-electron chi connectivity index (χ3n) is 5.57. The maximum atomic E-state index is 12.7. The smallest absolute Gasteiger partial charge is 0.241 e. The number of hydrogen-bond donors (Lipinski definition) is 2. The number of amides is 2. The molecule has 6 nitrogen and oxygen atoms in total. The van der Waals surface area contributed by atoms with Crippen molar-refractivity contribution in [3.63, 3.8) is 0 Å². The summed E-state index contributed by atoms with van der Waals surface area (Å²) in [5, 5.41) is 6.00. The summed E-state index contributed by atoms with van der Waals surface area (Å²) in [7, 11) is 0. The average molecular weight is 403 g/mol. The van der Waals surface area contributed by atoms with Gasteiger partial charge in [0.15, 0.2) is 0 Å². The van der Waals surface area contributed by atoms with Crippen molar-refractivity contribution in [2.75, 3.05) is 44.6 Å². The summed E-state index contributed by atoms with van der Waals surface area (Å²) >= 11 is 0. The first-order valence-electron chi connectivity index (χ1n) is 10.8. The van der Waals surface area contributed by atoms with Gasteiger partial charge in [-0.3, -0.25) is 19.4 Å². The Balaban J connectivity index is 1.77. The zero-order valence-corrected chi connectivity index (χ0v) is 18.8. The Kier molecular flexibility index (Phi) is 8.65. The molecule has 1 aromatic rings. The molecule has 0 saturated carbocycles. The van der Waals surface area contributed by atoms with E-state index >= 15 is 0 Å². The number of nitrogens with one attached hydrogen (secondary N) is 2. The van der Waals surface area contributed by atoms with Gasteiger partial charge in [0.2, 0.25) is 11.8 Å². The summed E-state index contributed by atoms with van der Waals surface area (Å²) in [6.07, 6.45) is 2.10. The molecule has 2 rings (SSSR count). The first kappa shape index (κ1) is 23.4. The van der Waals surface area contributed by atoms with Crippen LogP contribution in [0.3, 0.4) is 0 Å². The Morgan fingerprint density at radius 2 is 1.69 bits per heavy atom. The van der Waals surface area contributed by atoms with Crippen molar-refractivity contribution in [3.8, 4) is 0 Å². The third kappa shape index (κ3) is 7.44. The number of piperazine rings is 1. The van der Waals surface area contributed by atoms with Crippen LogP contribution in [-0.4, -0.2) is 66.9 Å². The normalized spacial score (nSPS) is 17.0. The van der Waals surface area contributed by atoms with Crippen LogP contribution in [0.2, 0.25) is 0 Å². The van der Waals surface area contributed by atoms with Crippen molar-refractivity contribution in [3.05, 3.63) is 29.8 Å². The highest BCUT2D eigenvalue weighted by molar-refractivity contribution is 5.94. The zero-order chi connectivity index (χ0) is 21.4. The molecule has 0 aromatic heterocycles. The Bertz CT molecular complexity index is 658. The highest BCUT2D eigenvalue weighted by atomic mass is 16.2. The largest absolute Gasteiger partial charge is 0.355 e. The van der Waals surface area contributed by atoms with Gasteiger partial charge < -0.3 is 10.6 Å². The van der Waals surface area contributed by atoms with E-state index in [1.807, 2.05) is 19.1 Å². The molecule has 1 aliphatic rings. The number of unbranched alkanes of at least 4 members (excludes halogenated alkanes) is 1. The Morgan fingerprint density at radius 3 is 2.24 bits per heavy atom. The Hall–Kier alpha value is -1.92. The van der Waals surface area contributed by atoms with Gasteiger partial charge in [-0.2, -0.15) is 0 Å². The van der Waals surface area contributed by atoms with Crippen LogP contribution in [0, 0.1) is 0 Å². The fourth-order valence-corrected chi connectivity index (χ4v) is 3.44. The summed E-state index contributed by atoms with van der Waals surface area (Å²) in [4.78, 5) is 29.0. The number of hydrogen-bond acceptors (Lipinski definition) is 4. The highest BCUT2D eigenvalue weighted by Crippen LogP contribution is 2.23. The topological polar surface area (TPSA) is 64.7 Å². The quantitative estimate of drug-likeness (QED) is 0.657. The monoisotopic (exact) mass is 402 g/mol. The van der Waals surface area contributed by atoms with Gasteiger partial charge in [-0.15, -0.1) is 0 Å². The number of rotatable bonds is 8. The molecule has 2 N–H and O–H groups in total. The molecular formula is C23H38N4O2. The second-order valence-corrected chi connectivity index (χ2v) is 9.01. The van der Waals surface area contributed by atoms with E-state index in [0.717, 1.165) is 51.3 Å². The molecule has 29 heavy (non-hydrogen) atoms. The van der Waals surface area contributed by atoms with E-state index in [0.29, 0.717) is 6.54 Å². The summed E-state index contributed by atoms with van der Waals surface area (Å²) in [6, 6.07) is 7.90. The standard InChI is InChI=1S/C23H38N4O2/c1-6-7-12-24-21(28)17-26-13-15-27(16-14-26)18(2)22(29)25-20-10-8-19(9-11-20)23(3,4)5/h8-11,18H,6-7,12-17H2,1-5H3,(H,24,28)(H,25,29). The molecule has 1 atom stereocenters. The van der Waals surface area contributed by atoms with E-state index in [1.165, 1.54) is 5.56 Å².